The summed E-state index contributed by atoms with van der Waals surface area (Å²) in [4.78, 5) is 12.3. The predicted octanol–water partition coefficient (Wildman–Crippen LogP) is 3.72. The number of hydrogen-bond acceptors (Lipinski definition) is 8. The first-order valence-electron chi connectivity index (χ1n) is 10.3. The molecule has 0 bridgehead atoms. The van der Waals surface area contributed by atoms with E-state index in [-0.39, 0.29) is 33.5 Å². The van der Waals surface area contributed by atoms with Gasteiger partial charge in [-0.1, -0.05) is 15.9 Å². The molecule has 0 heterocycles. The molecule has 1 amide bonds. The van der Waals surface area contributed by atoms with Crippen molar-refractivity contribution >= 4 is 58.8 Å². The Kier molecular flexibility index (Phi) is 8.48. The molecule has 0 fully saturated rings. The molecule has 3 rings (SSSR count). The zero-order chi connectivity index (χ0) is 26.5. The third-order valence-electron chi connectivity index (χ3n) is 4.86. The molecule has 0 saturated heterocycles. The number of amides is 1. The molecule has 192 valence electrons. The summed E-state index contributed by atoms with van der Waals surface area (Å²) in [6.45, 7) is -0.211. The number of sulfonamides is 1. The van der Waals surface area contributed by atoms with Crippen LogP contribution in [0.3, 0.4) is 0 Å². The van der Waals surface area contributed by atoms with Gasteiger partial charge in [-0.2, -0.15) is 0 Å². The number of carbonyl (C=O) groups is 1. The van der Waals surface area contributed by atoms with Crippen LogP contribution < -0.4 is 24.8 Å². The van der Waals surface area contributed by atoms with E-state index < -0.39 is 25.8 Å². The second kappa shape index (κ2) is 11.2. The van der Waals surface area contributed by atoms with Gasteiger partial charge in [-0.25, -0.2) is 16.8 Å². The maximum absolute atomic E-state index is 12.6. The van der Waals surface area contributed by atoms with Gasteiger partial charge in [0.15, 0.2) is 20.5 Å². The number of halogens is 1. The molecule has 3 N–H and O–H groups in total. The largest absolute Gasteiger partial charge is 0.495 e. The van der Waals surface area contributed by atoms with Crippen molar-refractivity contribution in [1.29, 1.82) is 0 Å². The van der Waals surface area contributed by atoms with Crippen LogP contribution in [0.1, 0.15) is 0 Å². The Morgan fingerprint density at radius 2 is 1.47 bits per heavy atom. The first-order valence-corrected chi connectivity index (χ1v) is 14.5. The average Bonchev–Trinajstić information content (AvgIpc) is 2.83. The van der Waals surface area contributed by atoms with E-state index in [1.54, 1.807) is 24.3 Å². The summed E-state index contributed by atoms with van der Waals surface area (Å²) in [5.74, 6) is -0.302. The van der Waals surface area contributed by atoms with Gasteiger partial charge in [-0.3, -0.25) is 9.52 Å². The first-order chi connectivity index (χ1) is 16.9. The molecule has 0 atom stereocenters. The maximum Gasteiger partial charge on any atom is 0.261 e. The fraction of sp³-hybridized carbons (Fsp3) is 0.174. The fourth-order valence-electron chi connectivity index (χ4n) is 3.23. The highest BCUT2D eigenvalue weighted by Gasteiger charge is 2.24. The van der Waals surface area contributed by atoms with Gasteiger partial charge in [0.2, 0.25) is 5.91 Å². The Labute approximate surface area is 218 Å². The van der Waals surface area contributed by atoms with E-state index >= 15 is 0 Å². The molecule has 0 radical (unpaired) electrons. The summed E-state index contributed by atoms with van der Waals surface area (Å²) in [6.07, 6.45) is 1.03. The third kappa shape index (κ3) is 6.68. The Morgan fingerprint density at radius 1 is 0.861 bits per heavy atom. The van der Waals surface area contributed by atoms with Crippen LogP contribution >= 0.6 is 15.9 Å². The second-order valence-electron chi connectivity index (χ2n) is 7.49. The van der Waals surface area contributed by atoms with Crippen LogP contribution in [-0.2, 0) is 24.7 Å². The highest BCUT2D eigenvalue weighted by atomic mass is 79.9. The molecule has 0 aliphatic carbocycles. The molecule has 0 aliphatic heterocycles. The van der Waals surface area contributed by atoms with Gasteiger partial charge in [-0.05, 0) is 60.7 Å². The van der Waals surface area contributed by atoms with E-state index in [1.807, 2.05) is 0 Å². The van der Waals surface area contributed by atoms with E-state index in [0.717, 1.165) is 10.7 Å². The van der Waals surface area contributed by atoms with Crippen molar-refractivity contribution in [2.24, 2.45) is 0 Å². The van der Waals surface area contributed by atoms with E-state index in [1.165, 1.54) is 50.6 Å². The summed E-state index contributed by atoms with van der Waals surface area (Å²) >= 11 is 3.29. The minimum absolute atomic E-state index is 0.0254. The second-order valence-corrected chi connectivity index (χ2v) is 12.0. The Bertz CT molecular complexity index is 1460. The molecule has 13 heteroatoms. The maximum atomic E-state index is 12.6. The summed E-state index contributed by atoms with van der Waals surface area (Å²) in [5.41, 5.74) is 1.08. The van der Waals surface area contributed by atoms with Gasteiger partial charge in [0.1, 0.15) is 5.75 Å². The number of benzene rings is 3. The third-order valence-corrected chi connectivity index (χ3v) is 7.91. The topological polar surface area (TPSA) is 140 Å². The molecule has 36 heavy (non-hydrogen) atoms. The minimum Gasteiger partial charge on any atom is -0.495 e. The molecule has 0 aliphatic rings. The van der Waals surface area contributed by atoms with Crippen LogP contribution in [-0.4, -0.2) is 49.8 Å². The van der Waals surface area contributed by atoms with E-state index in [9.17, 15) is 21.6 Å². The SMILES string of the molecule is COc1ccc(NCC(=O)Nc2ccc(S(=O)(=O)Nc3ccc(Br)cc3)cc2)c(OC)c1S(C)(=O)=O. The highest BCUT2D eigenvalue weighted by Crippen LogP contribution is 2.39. The van der Waals surface area contributed by atoms with Gasteiger partial charge < -0.3 is 20.1 Å². The van der Waals surface area contributed by atoms with Crippen molar-refractivity contribution in [3.63, 3.8) is 0 Å². The van der Waals surface area contributed by atoms with Crippen molar-refractivity contribution < 1.29 is 31.1 Å². The van der Waals surface area contributed by atoms with Crippen molar-refractivity contribution in [1.82, 2.24) is 0 Å². The van der Waals surface area contributed by atoms with Crippen LogP contribution in [0.2, 0.25) is 0 Å². The summed E-state index contributed by atoms with van der Waals surface area (Å²) in [7, 11) is -4.83. The molecule has 0 aromatic heterocycles. The van der Waals surface area contributed by atoms with Crippen molar-refractivity contribution in [2.75, 3.05) is 42.4 Å². The summed E-state index contributed by atoms with van der Waals surface area (Å²) < 4.78 is 63.3. The van der Waals surface area contributed by atoms with Gasteiger partial charge in [-0.15, -0.1) is 0 Å². The van der Waals surface area contributed by atoms with Gasteiger partial charge in [0.05, 0.1) is 31.3 Å². The molecular weight excluding hydrogens is 574 g/mol. The highest BCUT2D eigenvalue weighted by molar-refractivity contribution is 9.10. The fourth-order valence-corrected chi connectivity index (χ4v) is 5.60. The average molecular weight is 598 g/mol. The number of rotatable bonds is 10. The van der Waals surface area contributed by atoms with Gasteiger partial charge >= 0.3 is 0 Å². The molecule has 0 spiro atoms. The number of sulfone groups is 1. The number of anilines is 3. The van der Waals surface area contributed by atoms with Crippen molar-refractivity contribution in [2.45, 2.75) is 9.79 Å². The zero-order valence-electron chi connectivity index (χ0n) is 19.5. The quantitative estimate of drug-likeness (QED) is 0.321. The summed E-state index contributed by atoms with van der Waals surface area (Å²) in [6, 6.07) is 15.3. The molecule has 10 nitrogen and oxygen atoms in total. The zero-order valence-corrected chi connectivity index (χ0v) is 22.8. The van der Waals surface area contributed by atoms with Crippen LogP contribution in [0.15, 0.2) is 74.9 Å². The monoisotopic (exact) mass is 597 g/mol. The van der Waals surface area contributed by atoms with Crippen molar-refractivity contribution in [3.8, 4) is 11.5 Å². The van der Waals surface area contributed by atoms with Gasteiger partial charge in [0.25, 0.3) is 10.0 Å². The number of carbonyl (C=O) groups excluding carboxylic acids is 1. The Hall–Kier alpha value is -3.29. The van der Waals surface area contributed by atoms with Crippen LogP contribution in [0.25, 0.3) is 0 Å². The molecule has 3 aromatic rings. The van der Waals surface area contributed by atoms with E-state index in [4.69, 9.17) is 9.47 Å². The van der Waals surface area contributed by atoms with Gasteiger partial charge in [0, 0.05) is 22.1 Å². The minimum atomic E-state index is -3.81. The summed E-state index contributed by atoms with van der Waals surface area (Å²) in [5, 5.41) is 5.49. The molecular formula is C23H24BrN3O7S2. The first kappa shape index (κ1) is 27.3. The molecule has 0 unspecified atom stereocenters. The predicted molar refractivity (Wildman–Crippen MR) is 141 cm³/mol. The number of nitrogens with one attached hydrogen (secondary N) is 3. The molecule has 3 aromatic carbocycles. The number of ether oxygens (including phenoxy) is 2. The standard InChI is InChI=1S/C23H24BrN3O7S2/c1-33-20-13-12-19(22(34-2)23(20)35(3,29)30)25-14-21(28)26-16-8-10-18(11-9-16)36(31,32)27-17-6-4-15(24)5-7-17/h4-13,25,27H,14H2,1-3H3,(H,26,28). The number of methoxy groups -OCH3 is 2. The Balaban J connectivity index is 1.67. The van der Waals surface area contributed by atoms with Crippen molar-refractivity contribution in [3.05, 3.63) is 65.1 Å². The lowest BCUT2D eigenvalue weighted by molar-refractivity contribution is -0.114. The van der Waals surface area contributed by atoms with E-state index in [0.29, 0.717) is 11.4 Å². The lowest BCUT2D eigenvalue weighted by Gasteiger charge is -2.17. The normalized spacial score (nSPS) is 11.4. The lowest BCUT2D eigenvalue weighted by Crippen LogP contribution is -2.22. The van der Waals surface area contributed by atoms with Crippen LogP contribution in [0.4, 0.5) is 17.1 Å². The molecule has 0 saturated carbocycles. The Morgan fingerprint density at radius 3 is 2.03 bits per heavy atom. The van der Waals surface area contributed by atoms with E-state index in [2.05, 4.69) is 31.3 Å². The van der Waals surface area contributed by atoms with Crippen LogP contribution in [0.5, 0.6) is 11.5 Å². The number of hydrogen-bond donors (Lipinski definition) is 3. The lowest BCUT2D eigenvalue weighted by atomic mass is 10.2. The van der Waals surface area contributed by atoms with Crippen LogP contribution in [0, 0.1) is 0 Å². The smallest absolute Gasteiger partial charge is 0.261 e.